The first kappa shape index (κ1) is 16.0. The fourth-order valence-electron chi connectivity index (χ4n) is 1.89. The van der Waals surface area contributed by atoms with E-state index < -0.39 is 5.97 Å². The van der Waals surface area contributed by atoms with E-state index in [1.165, 1.54) is 0 Å². The Balaban J connectivity index is 2.24. The quantitative estimate of drug-likeness (QED) is 0.638. The number of hydrogen-bond acceptors (Lipinski definition) is 3. The molecule has 0 saturated heterocycles. The molecule has 0 saturated carbocycles. The van der Waals surface area contributed by atoms with Gasteiger partial charge in [0.05, 0.1) is 5.56 Å². The Kier molecular flexibility index (Phi) is 6.56. The molecule has 0 spiro atoms. The molecule has 110 valence electrons. The topological polar surface area (TPSA) is 86.6 Å². The lowest BCUT2D eigenvalue weighted by Crippen LogP contribution is -2.24. The van der Waals surface area contributed by atoms with Gasteiger partial charge >= 0.3 is 5.97 Å². The Morgan fingerprint density at radius 1 is 1.15 bits per heavy atom. The van der Waals surface area contributed by atoms with Crippen molar-refractivity contribution in [1.29, 1.82) is 0 Å². The zero-order chi connectivity index (χ0) is 15.0. The van der Waals surface area contributed by atoms with Crippen molar-refractivity contribution < 1.29 is 19.8 Å². The highest BCUT2D eigenvalue weighted by atomic mass is 16.4. The smallest absolute Gasteiger partial charge is 0.303 e. The molecule has 0 fully saturated rings. The van der Waals surface area contributed by atoms with Crippen molar-refractivity contribution in [2.75, 3.05) is 6.54 Å². The van der Waals surface area contributed by atoms with E-state index in [0.717, 1.165) is 19.3 Å². The summed E-state index contributed by atoms with van der Waals surface area (Å²) in [7, 11) is 0. The number of carboxylic acids is 1. The Labute approximate surface area is 118 Å². The number of phenolic OH excluding ortho intramolecular Hbond substituents is 1. The second-order valence-electron chi connectivity index (χ2n) is 4.78. The predicted molar refractivity (Wildman–Crippen MR) is 75.9 cm³/mol. The fourth-order valence-corrected chi connectivity index (χ4v) is 1.89. The highest BCUT2D eigenvalue weighted by molar-refractivity contribution is 5.97. The van der Waals surface area contributed by atoms with Gasteiger partial charge in [0.25, 0.3) is 5.91 Å². The molecule has 1 aromatic carbocycles. The van der Waals surface area contributed by atoms with E-state index in [0.29, 0.717) is 18.5 Å². The van der Waals surface area contributed by atoms with Crippen LogP contribution in [-0.4, -0.2) is 28.6 Å². The molecule has 0 heterocycles. The maximum absolute atomic E-state index is 11.8. The highest BCUT2D eigenvalue weighted by Crippen LogP contribution is 2.20. The first-order valence-corrected chi connectivity index (χ1v) is 6.81. The molecule has 1 aromatic rings. The summed E-state index contributed by atoms with van der Waals surface area (Å²) in [4.78, 5) is 22.2. The van der Waals surface area contributed by atoms with E-state index in [1.54, 1.807) is 25.1 Å². The van der Waals surface area contributed by atoms with Crippen LogP contribution < -0.4 is 5.32 Å². The van der Waals surface area contributed by atoms with Crippen LogP contribution in [0.2, 0.25) is 0 Å². The molecule has 5 heteroatoms. The summed E-state index contributed by atoms with van der Waals surface area (Å²) in [5.74, 6) is -1.03. The fraction of sp³-hybridized carbons (Fsp3) is 0.467. The van der Waals surface area contributed by atoms with Crippen LogP contribution in [-0.2, 0) is 4.79 Å². The number of nitrogens with one attached hydrogen (secondary N) is 1. The van der Waals surface area contributed by atoms with E-state index in [1.807, 2.05) is 0 Å². The number of aromatic hydroxyl groups is 1. The van der Waals surface area contributed by atoms with Crippen LogP contribution >= 0.6 is 0 Å². The van der Waals surface area contributed by atoms with E-state index in [9.17, 15) is 14.7 Å². The van der Waals surface area contributed by atoms with Gasteiger partial charge in [0.1, 0.15) is 5.75 Å². The summed E-state index contributed by atoms with van der Waals surface area (Å²) in [5, 5.41) is 21.0. The minimum atomic E-state index is -0.770. The third-order valence-corrected chi connectivity index (χ3v) is 3.09. The van der Waals surface area contributed by atoms with Crippen LogP contribution in [0.25, 0.3) is 0 Å². The number of phenols is 1. The number of aryl methyl sites for hydroxylation is 1. The maximum Gasteiger partial charge on any atom is 0.303 e. The van der Waals surface area contributed by atoms with E-state index in [4.69, 9.17) is 5.11 Å². The monoisotopic (exact) mass is 279 g/mol. The Morgan fingerprint density at radius 3 is 2.55 bits per heavy atom. The van der Waals surface area contributed by atoms with E-state index in [2.05, 4.69) is 5.32 Å². The summed E-state index contributed by atoms with van der Waals surface area (Å²) in [6.45, 7) is 2.27. The Morgan fingerprint density at radius 2 is 1.85 bits per heavy atom. The van der Waals surface area contributed by atoms with Gasteiger partial charge in [-0.25, -0.2) is 0 Å². The average molecular weight is 279 g/mol. The molecular formula is C15H21NO4. The number of rotatable bonds is 8. The van der Waals surface area contributed by atoms with Gasteiger partial charge < -0.3 is 15.5 Å². The molecule has 0 aliphatic heterocycles. The van der Waals surface area contributed by atoms with Crippen LogP contribution in [0.3, 0.4) is 0 Å². The molecule has 0 bridgehead atoms. The lowest BCUT2D eigenvalue weighted by atomic mass is 10.1. The average Bonchev–Trinajstić information content (AvgIpc) is 2.40. The Hall–Kier alpha value is -2.04. The molecule has 0 aliphatic rings. The minimum absolute atomic E-state index is 0.0199. The normalized spacial score (nSPS) is 10.2. The molecule has 1 amide bonds. The molecule has 3 N–H and O–H groups in total. The van der Waals surface area contributed by atoms with Gasteiger partial charge in [0.2, 0.25) is 0 Å². The first-order chi connectivity index (χ1) is 9.52. The van der Waals surface area contributed by atoms with Crippen LogP contribution in [0.5, 0.6) is 5.75 Å². The summed E-state index contributed by atoms with van der Waals surface area (Å²) >= 11 is 0. The number of unbranched alkanes of at least 4 members (excludes halogenated alkanes) is 3. The standard InChI is InChI=1S/C15H21NO4/c1-11-7-6-8-12(14(11)19)15(20)16-10-5-3-2-4-9-13(17)18/h6-8,19H,2-5,9-10H2,1H3,(H,16,20)(H,17,18). The molecule has 20 heavy (non-hydrogen) atoms. The number of carboxylic acid groups (broad SMARTS) is 1. The number of carbonyl (C=O) groups excluding carboxylic acids is 1. The van der Waals surface area contributed by atoms with Crippen molar-refractivity contribution in [3.63, 3.8) is 0 Å². The van der Waals surface area contributed by atoms with Crippen molar-refractivity contribution in [3.05, 3.63) is 29.3 Å². The largest absolute Gasteiger partial charge is 0.507 e. The van der Waals surface area contributed by atoms with Gasteiger partial charge in [-0.15, -0.1) is 0 Å². The summed E-state index contributed by atoms with van der Waals surface area (Å²) in [6.07, 6.45) is 3.40. The van der Waals surface area contributed by atoms with Crippen molar-refractivity contribution in [3.8, 4) is 5.75 Å². The molecular weight excluding hydrogens is 258 g/mol. The molecule has 0 radical (unpaired) electrons. The predicted octanol–water partition coefficient (Wildman–Crippen LogP) is 2.47. The van der Waals surface area contributed by atoms with E-state index >= 15 is 0 Å². The SMILES string of the molecule is Cc1cccc(C(=O)NCCCCCCC(=O)O)c1O. The lowest BCUT2D eigenvalue weighted by Gasteiger charge is -2.08. The number of hydrogen-bond donors (Lipinski definition) is 3. The number of carbonyl (C=O) groups is 2. The maximum atomic E-state index is 11.8. The van der Waals surface area contributed by atoms with Gasteiger partial charge in [-0.2, -0.15) is 0 Å². The Bertz CT molecular complexity index is 471. The molecule has 0 unspecified atom stereocenters. The second-order valence-corrected chi connectivity index (χ2v) is 4.78. The first-order valence-electron chi connectivity index (χ1n) is 6.81. The molecule has 1 rings (SSSR count). The second kappa shape index (κ2) is 8.19. The molecule has 0 atom stereocenters. The van der Waals surface area contributed by atoms with Crippen molar-refractivity contribution in [1.82, 2.24) is 5.32 Å². The van der Waals surface area contributed by atoms with Crippen LogP contribution in [0, 0.1) is 6.92 Å². The zero-order valence-corrected chi connectivity index (χ0v) is 11.7. The zero-order valence-electron chi connectivity index (χ0n) is 11.7. The molecule has 5 nitrogen and oxygen atoms in total. The van der Waals surface area contributed by atoms with Gasteiger partial charge in [-0.05, 0) is 31.4 Å². The van der Waals surface area contributed by atoms with Gasteiger partial charge in [-0.3, -0.25) is 9.59 Å². The van der Waals surface area contributed by atoms with Gasteiger partial charge in [0, 0.05) is 13.0 Å². The molecule has 0 aliphatic carbocycles. The summed E-state index contributed by atoms with van der Waals surface area (Å²) in [6, 6.07) is 5.06. The van der Waals surface area contributed by atoms with Crippen LogP contribution in [0.1, 0.15) is 48.0 Å². The van der Waals surface area contributed by atoms with Gasteiger partial charge in [-0.1, -0.05) is 25.0 Å². The van der Waals surface area contributed by atoms with Crippen molar-refractivity contribution >= 4 is 11.9 Å². The third-order valence-electron chi connectivity index (χ3n) is 3.09. The third kappa shape index (κ3) is 5.30. The van der Waals surface area contributed by atoms with Crippen molar-refractivity contribution in [2.24, 2.45) is 0 Å². The number of amides is 1. The minimum Gasteiger partial charge on any atom is -0.507 e. The lowest BCUT2D eigenvalue weighted by molar-refractivity contribution is -0.137. The highest BCUT2D eigenvalue weighted by Gasteiger charge is 2.11. The van der Waals surface area contributed by atoms with E-state index in [-0.39, 0.29) is 23.6 Å². The summed E-state index contributed by atoms with van der Waals surface area (Å²) in [5.41, 5.74) is 0.960. The summed E-state index contributed by atoms with van der Waals surface area (Å²) < 4.78 is 0. The van der Waals surface area contributed by atoms with Crippen molar-refractivity contribution in [2.45, 2.75) is 39.0 Å². The number of aliphatic carboxylic acids is 1. The number of para-hydroxylation sites is 1. The van der Waals surface area contributed by atoms with Crippen LogP contribution in [0.4, 0.5) is 0 Å². The number of benzene rings is 1. The van der Waals surface area contributed by atoms with Gasteiger partial charge in [0.15, 0.2) is 0 Å². The molecule has 0 aromatic heterocycles. The van der Waals surface area contributed by atoms with Crippen LogP contribution in [0.15, 0.2) is 18.2 Å².